The molecule has 0 aliphatic heterocycles. The monoisotopic (exact) mass is 311 g/mol. The fraction of sp³-hybridized carbons (Fsp3) is 0.286. The lowest BCUT2D eigenvalue weighted by atomic mass is 10.2. The van der Waals surface area contributed by atoms with Gasteiger partial charge in [-0.1, -0.05) is 30.1 Å². The molecule has 0 atom stereocenters. The van der Waals surface area contributed by atoms with Gasteiger partial charge in [0.25, 0.3) is 0 Å². The van der Waals surface area contributed by atoms with E-state index in [-0.39, 0.29) is 0 Å². The van der Waals surface area contributed by atoms with Crippen molar-refractivity contribution in [2.24, 2.45) is 0 Å². The van der Waals surface area contributed by atoms with Crippen LogP contribution in [0, 0.1) is 0 Å². The summed E-state index contributed by atoms with van der Waals surface area (Å²) < 4.78 is 5.16. The van der Waals surface area contributed by atoms with Crippen molar-refractivity contribution in [3.63, 3.8) is 0 Å². The molecule has 0 fully saturated rings. The predicted octanol–water partition coefficient (Wildman–Crippen LogP) is 4.28. The van der Waals surface area contributed by atoms with Crippen LogP contribution in [0.5, 0.6) is 5.75 Å². The molecule has 0 unspecified atom stereocenters. The number of pyridine rings is 2. The van der Waals surface area contributed by atoms with Crippen molar-refractivity contribution < 1.29 is 4.74 Å². The Morgan fingerprint density at radius 1 is 1.20 bits per heavy atom. The van der Waals surface area contributed by atoms with Crippen LogP contribution in [0.3, 0.4) is 0 Å². The van der Waals surface area contributed by atoms with Crippen LogP contribution in [0.25, 0.3) is 11.3 Å². The lowest BCUT2D eigenvalue weighted by Gasteiger charge is -2.11. The molecule has 1 N–H and O–H groups in total. The normalized spacial score (nSPS) is 10.4. The van der Waals surface area contributed by atoms with Crippen molar-refractivity contribution in [2.45, 2.75) is 13.3 Å². The van der Waals surface area contributed by atoms with Gasteiger partial charge in [-0.05, 0) is 18.6 Å². The average molecular weight is 312 g/mol. The van der Waals surface area contributed by atoms with Gasteiger partial charge in [0, 0.05) is 18.3 Å². The van der Waals surface area contributed by atoms with Crippen LogP contribution < -0.4 is 10.1 Å². The molecule has 2 aromatic rings. The highest BCUT2D eigenvalue weighted by Gasteiger charge is 2.12. The first kappa shape index (κ1) is 14.9. The van der Waals surface area contributed by atoms with E-state index in [1.54, 1.807) is 25.6 Å². The first-order chi connectivity index (χ1) is 9.65. The van der Waals surface area contributed by atoms with Crippen molar-refractivity contribution in [3.8, 4) is 17.0 Å². The van der Waals surface area contributed by atoms with Crippen molar-refractivity contribution in [2.75, 3.05) is 19.0 Å². The molecule has 4 nitrogen and oxygen atoms in total. The number of rotatable bonds is 5. The second kappa shape index (κ2) is 6.77. The van der Waals surface area contributed by atoms with Gasteiger partial charge >= 0.3 is 0 Å². The van der Waals surface area contributed by atoms with E-state index in [0.29, 0.717) is 27.3 Å². The number of methoxy groups -OCH3 is 1. The van der Waals surface area contributed by atoms with Crippen molar-refractivity contribution >= 4 is 29.0 Å². The molecule has 0 aliphatic carbocycles. The fourth-order valence-electron chi connectivity index (χ4n) is 1.70. The van der Waals surface area contributed by atoms with E-state index in [1.165, 1.54) is 0 Å². The van der Waals surface area contributed by atoms with Crippen LogP contribution in [0.2, 0.25) is 10.0 Å². The van der Waals surface area contributed by atoms with Gasteiger partial charge in [-0.2, -0.15) is 0 Å². The smallest absolute Gasteiger partial charge is 0.145 e. The Bertz CT molecular complexity index is 605. The summed E-state index contributed by atoms with van der Waals surface area (Å²) in [7, 11) is 1.59. The number of nitrogens with zero attached hydrogens (tertiary/aromatic N) is 2. The summed E-state index contributed by atoms with van der Waals surface area (Å²) in [6, 6.07) is 3.52. The largest absolute Gasteiger partial charge is 0.495 e. The summed E-state index contributed by atoms with van der Waals surface area (Å²) in [5, 5.41) is 4.16. The average Bonchev–Trinajstić information content (AvgIpc) is 2.46. The first-order valence-corrected chi connectivity index (χ1v) is 7.00. The molecule has 0 spiro atoms. The molecule has 0 amide bonds. The Kier molecular flexibility index (Phi) is 5.04. The lowest BCUT2D eigenvalue weighted by molar-refractivity contribution is 0.413. The Labute approximate surface area is 128 Å². The molecule has 0 aliphatic rings. The molecule has 2 heterocycles. The number of aromatic nitrogens is 2. The number of hydrogen-bond acceptors (Lipinski definition) is 4. The zero-order valence-electron chi connectivity index (χ0n) is 11.3. The Hall–Kier alpha value is -1.52. The van der Waals surface area contributed by atoms with Gasteiger partial charge in [0.2, 0.25) is 0 Å². The molecule has 6 heteroatoms. The molecule has 2 aromatic heterocycles. The van der Waals surface area contributed by atoms with Crippen molar-refractivity contribution in [3.05, 3.63) is 34.6 Å². The van der Waals surface area contributed by atoms with Crippen LogP contribution in [-0.2, 0) is 0 Å². The highest BCUT2D eigenvalue weighted by atomic mass is 35.5. The number of nitrogens with one attached hydrogen (secondary N) is 1. The minimum Gasteiger partial charge on any atom is -0.495 e. The maximum Gasteiger partial charge on any atom is 0.145 e. The molecule has 2 rings (SSSR count). The number of ether oxygens (including phenoxy) is 1. The summed E-state index contributed by atoms with van der Waals surface area (Å²) in [5.74, 6) is 1.27. The Morgan fingerprint density at radius 3 is 2.70 bits per heavy atom. The first-order valence-electron chi connectivity index (χ1n) is 6.25. The van der Waals surface area contributed by atoms with Crippen molar-refractivity contribution in [1.82, 2.24) is 9.97 Å². The fourth-order valence-corrected chi connectivity index (χ4v) is 2.23. The minimum absolute atomic E-state index is 0.479. The standard InChI is InChI=1S/C14H15Cl2N3O/c1-3-4-18-14-12(16)6-11(15)13(19-14)9-5-10(20-2)8-17-7-9/h5-8H,3-4H2,1-2H3,(H,18,19). The number of hydrogen-bond donors (Lipinski definition) is 1. The maximum absolute atomic E-state index is 6.22. The van der Waals surface area contributed by atoms with E-state index >= 15 is 0 Å². The third-order valence-electron chi connectivity index (χ3n) is 2.69. The molecular weight excluding hydrogens is 297 g/mol. The van der Waals surface area contributed by atoms with E-state index < -0.39 is 0 Å². The Morgan fingerprint density at radius 2 is 2.00 bits per heavy atom. The van der Waals surface area contributed by atoms with E-state index in [4.69, 9.17) is 27.9 Å². The summed E-state index contributed by atoms with van der Waals surface area (Å²) in [6.45, 7) is 2.87. The molecular formula is C14H15Cl2N3O. The second-order valence-corrected chi connectivity index (χ2v) is 5.00. The van der Waals surface area contributed by atoms with Gasteiger partial charge in [-0.25, -0.2) is 4.98 Å². The van der Waals surface area contributed by atoms with Crippen LogP contribution in [0.15, 0.2) is 24.5 Å². The molecule has 0 saturated carbocycles. The SMILES string of the molecule is CCCNc1nc(-c2cncc(OC)c2)c(Cl)cc1Cl. The van der Waals surface area contributed by atoms with Gasteiger partial charge in [-0.15, -0.1) is 0 Å². The van der Waals surface area contributed by atoms with Gasteiger partial charge in [0.05, 0.1) is 29.0 Å². The molecule has 0 aromatic carbocycles. The quantitative estimate of drug-likeness (QED) is 0.895. The van der Waals surface area contributed by atoms with Crippen molar-refractivity contribution in [1.29, 1.82) is 0 Å². The highest BCUT2D eigenvalue weighted by molar-refractivity contribution is 6.37. The minimum atomic E-state index is 0.479. The topological polar surface area (TPSA) is 47.0 Å². The van der Waals surface area contributed by atoms with E-state index in [0.717, 1.165) is 18.5 Å². The Balaban J connectivity index is 2.44. The van der Waals surface area contributed by atoms with Crippen LogP contribution in [0.4, 0.5) is 5.82 Å². The van der Waals surface area contributed by atoms with Gasteiger partial charge in [0.15, 0.2) is 0 Å². The molecule has 106 valence electrons. The summed E-state index contributed by atoms with van der Waals surface area (Å²) in [5.41, 5.74) is 1.41. The number of halogens is 2. The van der Waals surface area contributed by atoms with Crippen LogP contribution in [-0.4, -0.2) is 23.6 Å². The summed E-state index contributed by atoms with van der Waals surface area (Å²) >= 11 is 12.4. The maximum atomic E-state index is 6.22. The van der Waals surface area contributed by atoms with Gasteiger partial charge < -0.3 is 10.1 Å². The third-order valence-corrected chi connectivity index (χ3v) is 3.27. The lowest BCUT2D eigenvalue weighted by Crippen LogP contribution is -2.03. The number of anilines is 1. The van der Waals surface area contributed by atoms with E-state index in [1.807, 2.05) is 6.07 Å². The van der Waals surface area contributed by atoms with Gasteiger partial charge in [0.1, 0.15) is 11.6 Å². The second-order valence-electron chi connectivity index (χ2n) is 4.19. The zero-order chi connectivity index (χ0) is 14.5. The van der Waals surface area contributed by atoms with E-state index in [2.05, 4.69) is 22.2 Å². The molecule has 0 saturated heterocycles. The summed E-state index contributed by atoms with van der Waals surface area (Å²) in [4.78, 5) is 8.59. The molecule has 0 radical (unpaired) electrons. The predicted molar refractivity (Wildman–Crippen MR) is 82.8 cm³/mol. The van der Waals surface area contributed by atoms with Crippen LogP contribution >= 0.6 is 23.2 Å². The summed E-state index contributed by atoms with van der Waals surface area (Å²) in [6.07, 6.45) is 4.30. The highest BCUT2D eigenvalue weighted by Crippen LogP contribution is 2.33. The molecule has 0 bridgehead atoms. The van der Waals surface area contributed by atoms with E-state index in [9.17, 15) is 0 Å². The van der Waals surface area contributed by atoms with Gasteiger partial charge in [-0.3, -0.25) is 4.98 Å². The molecule has 20 heavy (non-hydrogen) atoms. The van der Waals surface area contributed by atoms with Crippen LogP contribution in [0.1, 0.15) is 13.3 Å². The third kappa shape index (κ3) is 3.32. The zero-order valence-corrected chi connectivity index (χ0v) is 12.8.